The summed E-state index contributed by atoms with van der Waals surface area (Å²) >= 11 is 0. The monoisotopic (exact) mass is 175 g/mol. The van der Waals surface area contributed by atoms with Crippen molar-refractivity contribution in [1.82, 2.24) is 4.98 Å². The maximum Gasteiger partial charge on any atom is 0.136 e. The minimum Gasteiger partial charge on any atom is -0.254 e. The molecule has 13 heavy (non-hydrogen) atoms. The summed E-state index contributed by atoms with van der Waals surface area (Å²) in [5, 5.41) is 6.67. The molecule has 0 atom stereocenters. The molecule has 0 aliphatic rings. The van der Waals surface area contributed by atoms with Crippen molar-refractivity contribution in [3.8, 4) is 0 Å². The number of pyridine rings is 1. The molecule has 0 aliphatic carbocycles. The molecular formula is C6H5N7. The topological polar surface area (TPSA) is 110 Å². The first kappa shape index (κ1) is 8.86. The van der Waals surface area contributed by atoms with Gasteiger partial charge in [-0.1, -0.05) is 5.11 Å². The zero-order valence-electron chi connectivity index (χ0n) is 6.79. The number of hydrogen-bond donors (Lipinski definition) is 0. The molecule has 0 bridgehead atoms. The Kier molecular flexibility index (Phi) is 2.70. The zero-order valence-corrected chi connectivity index (χ0v) is 6.79. The Morgan fingerprint density at radius 2 is 2.00 bits per heavy atom. The average molecular weight is 175 g/mol. The molecule has 0 radical (unpaired) electrons. The summed E-state index contributed by atoms with van der Waals surface area (Å²) in [6.07, 6.45) is 1.48. The fourth-order valence-corrected chi connectivity index (χ4v) is 0.820. The van der Waals surface area contributed by atoms with Gasteiger partial charge in [0.15, 0.2) is 0 Å². The lowest BCUT2D eigenvalue weighted by Crippen LogP contribution is -1.77. The second-order valence-corrected chi connectivity index (χ2v) is 2.18. The molecule has 1 aromatic rings. The molecule has 1 rings (SSSR count). The highest BCUT2D eigenvalue weighted by Gasteiger charge is 2.01. The van der Waals surface area contributed by atoms with Crippen LogP contribution in [0.3, 0.4) is 0 Å². The SMILES string of the molecule is Cc1ccnc(N=[N+]=[N-])c1N=[N+]=[N-]. The lowest BCUT2D eigenvalue weighted by molar-refractivity contribution is 1.21. The van der Waals surface area contributed by atoms with E-state index in [4.69, 9.17) is 11.1 Å². The van der Waals surface area contributed by atoms with Crippen molar-refractivity contribution in [2.45, 2.75) is 6.92 Å². The van der Waals surface area contributed by atoms with Gasteiger partial charge in [-0.2, -0.15) is 0 Å². The molecule has 0 spiro atoms. The molecule has 0 amide bonds. The van der Waals surface area contributed by atoms with E-state index in [2.05, 4.69) is 25.0 Å². The second-order valence-electron chi connectivity index (χ2n) is 2.18. The number of aromatic nitrogens is 1. The highest BCUT2D eigenvalue weighted by atomic mass is 15.2. The van der Waals surface area contributed by atoms with Crippen LogP contribution in [-0.2, 0) is 0 Å². The Morgan fingerprint density at radius 1 is 1.31 bits per heavy atom. The maximum absolute atomic E-state index is 8.23. The summed E-state index contributed by atoms with van der Waals surface area (Å²) in [6, 6.07) is 1.67. The molecule has 0 aromatic carbocycles. The van der Waals surface area contributed by atoms with Gasteiger partial charge in [0.25, 0.3) is 0 Å². The second kappa shape index (κ2) is 3.96. The predicted molar refractivity (Wildman–Crippen MR) is 46.6 cm³/mol. The lowest BCUT2D eigenvalue weighted by Gasteiger charge is -1.99. The molecule has 7 nitrogen and oxygen atoms in total. The van der Waals surface area contributed by atoms with E-state index >= 15 is 0 Å². The van der Waals surface area contributed by atoms with Gasteiger partial charge in [0.2, 0.25) is 0 Å². The van der Waals surface area contributed by atoms with E-state index in [9.17, 15) is 0 Å². The van der Waals surface area contributed by atoms with E-state index < -0.39 is 0 Å². The Hall–Kier alpha value is -2.23. The van der Waals surface area contributed by atoms with E-state index in [0.29, 0.717) is 0 Å². The molecule has 0 N–H and O–H groups in total. The number of azide groups is 2. The molecule has 64 valence electrons. The van der Waals surface area contributed by atoms with Crippen LogP contribution in [0, 0.1) is 6.92 Å². The van der Waals surface area contributed by atoms with E-state index in [1.165, 1.54) is 6.20 Å². The van der Waals surface area contributed by atoms with Crippen molar-refractivity contribution in [3.63, 3.8) is 0 Å². The lowest BCUT2D eigenvalue weighted by atomic mass is 10.2. The normalized spacial score (nSPS) is 8.38. The van der Waals surface area contributed by atoms with Gasteiger partial charge in [-0.25, -0.2) is 0 Å². The quantitative estimate of drug-likeness (QED) is 0.383. The van der Waals surface area contributed by atoms with Crippen molar-refractivity contribution in [1.29, 1.82) is 0 Å². The van der Waals surface area contributed by atoms with Crippen LogP contribution >= 0.6 is 0 Å². The number of nitrogens with zero attached hydrogens (tertiary/aromatic N) is 7. The molecule has 1 aromatic heterocycles. The summed E-state index contributed by atoms with van der Waals surface area (Å²) in [4.78, 5) is 8.94. The Bertz CT molecular complexity index is 411. The molecule has 1 heterocycles. The molecule has 0 unspecified atom stereocenters. The summed E-state index contributed by atoms with van der Waals surface area (Å²) in [7, 11) is 0. The molecule has 0 fully saturated rings. The van der Waals surface area contributed by atoms with Crippen molar-refractivity contribution >= 4 is 11.5 Å². The highest BCUT2D eigenvalue weighted by Crippen LogP contribution is 2.28. The van der Waals surface area contributed by atoms with Crippen LogP contribution < -0.4 is 0 Å². The van der Waals surface area contributed by atoms with Gasteiger partial charge in [0.1, 0.15) is 5.82 Å². The summed E-state index contributed by atoms with van der Waals surface area (Å²) in [5.74, 6) is 0.0975. The van der Waals surface area contributed by atoms with Gasteiger partial charge < -0.3 is 0 Å². The first-order valence-electron chi connectivity index (χ1n) is 3.35. The zero-order chi connectivity index (χ0) is 9.68. The number of rotatable bonds is 2. The van der Waals surface area contributed by atoms with E-state index in [-0.39, 0.29) is 11.5 Å². The molecule has 0 saturated heterocycles. The standard InChI is InChI=1S/C6H5N7/c1-4-2-3-9-6(11-13-8)5(4)10-12-7/h2-3H,1H3. The largest absolute Gasteiger partial charge is 0.254 e. The molecule has 0 saturated carbocycles. The minimum atomic E-state index is 0.0975. The van der Waals surface area contributed by atoms with Crippen LogP contribution in [0.4, 0.5) is 11.5 Å². The summed E-state index contributed by atoms with van der Waals surface area (Å²) in [6.45, 7) is 1.74. The average Bonchev–Trinajstić information content (AvgIpc) is 2.11. The van der Waals surface area contributed by atoms with Gasteiger partial charge in [0.05, 0.1) is 5.69 Å². The first-order chi connectivity index (χ1) is 6.29. The Labute approximate surface area is 73.3 Å². The highest BCUT2D eigenvalue weighted by molar-refractivity contribution is 5.60. The maximum atomic E-state index is 8.23. The van der Waals surface area contributed by atoms with Crippen LogP contribution in [0.5, 0.6) is 0 Å². The third kappa shape index (κ3) is 1.87. The predicted octanol–water partition coefficient (Wildman–Crippen LogP) is 3.27. The fraction of sp³-hybridized carbons (Fsp3) is 0.167. The van der Waals surface area contributed by atoms with Crippen molar-refractivity contribution < 1.29 is 0 Å². The van der Waals surface area contributed by atoms with Crippen molar-refractivity contribution in [2.75, 3.05) is 0 Å². The van der Waals surface area contributed by atoms with Gasteiger partial charge in [0, 0.05) is 16.0 Å². The van der Waals surface area contributed by atoms with Gasteiger partial charge in [-0.05, 0) is 34.7 Å². The van der Waals surface area contributed by atoms with Gasteiger partial charge in [-0.15, -0.1) is 0 Å². The third-order valence-corrected chi connectivity index (χ3v) is 1.39. The van der Waals surface area contributed by atoms with Crippen LogP contribution in [0.1, 0.15) is 5.56 Å². The smallest absolute Gasteiger partial charge is 0.136 e. The molecule has 0 aliphatic heterocycles. The summed E-state index contributed by atoms with van der Waals surface area (Å²) in [5.41, 5.74) is 17.4. The number of hydrogen-bond acceptors (Lipinski definition) is 3. The van der Waals surface area contributed by atoms with Crippen molar-refractivity contribution in [3.05, 3.63) is 38.7 Å². The van der Waals surface area contributed by atoms with E-state index in [0.717, 1.165) is 5.56 Å². The van der Waals surface area contributed by atoms with E-state index in [1.807, 2.05) is 0 Å². The molecule has 7 heteroatoms. The fourth-order valence-electron chi connectivity index (χ4n) is 0.820. The minimum absolute atomic E-state index is 0.0975. The Balaban J connectivity index is 3.41. The first-order valence-corrected chi connectivity index (χ1v) is 3.35. The van der Waals surface area contributed by atoms with Gasteiger partial charge in [-0.3, -0.25) is 4.98 Å². The van der Waals surface area contributed by atoms with Crippen LogP contribution in [0.15, 0.2) is 22.5 Å². The van der Waals surface area contributed by atoms with Crippen LogP contribution in [-0.4, -0.2) is 4.98 Å². The van der Waals surface area contributed by atoms with Crippen LogP contribution in [0.2, 0.25) is 0 Å². The van der Waals surface area contributed by atoms with Crippen LogP contribution in [0.25, 0.3) is 20.9 Å². The summed E-state index contributed by atoms with van der Waals surface area (Å²) < 4.78 is 0. The van der Waals surface area contributed by atoms with Gasteiger partial charge >= 0.3 is 0 Å². The van der Waals surface area contributed by atoms with E-state index in [1.54, 1.807) is 13.0 Å². The Morgan fingerprint density at radius 3 is 2.62 bits per heavy atom. The number of aryl methyl sites for hydroxylation is 1. The van der Waals surface area contributed by atoms with Crippen molar-refractivity contribution in [2.24, 2.45) is 10.2 Å². The molecular weight excluding hydrogens is 170 g/mol. The third-order valence-electron chi connectivity index (χ3n) is 1.39.